The van der Waals surface area contributed by atoms with Gasteiger partial charge >= 0.3 is 11.1 Å². The third kappa shape index (κ3) is 2.38. The maximum atomic E-state index is 11.2. The first-order valence-corrected chi connectivity index (χ1v) is 5.69. The van der Waals surface area contributed by atoms with Crippen molar-refractivity contribution in [1.29, 1.82) is 0 Å². The van der Waals surface area contributed by atoms with Gasteiger partial charge in [0.25, 0.3) is 0 Å². The van der Waals surface area contributed by atoms with Gasteiger partial charge in [-0.3, -0.25) is 24.2 Å². The van der Waals surface area contributed by atoms with Crippen LogP contribution in [0.3, 0.4) is 0 Å². The largest absolute Gasteiger partial charge is 0.339 e. The topological polar surface area (TPSA) is 97.7 Å². The molecule has 0 saturated carbocycles. The normalized spacial score (nSPS) is 10.3. The van der Waals surface area contributed by atoms with Crippen molar-refractivity contribution in [2.24, 2.45) is 7.05 Å². The number of nitrogens with zero attached hydrogens (tertiary/aromatic N) is 3. The zero-order valence-corrected chi connectivity index (χ0v) is 10.1. The number of rotatable bonds is 3. The van der Waals surface area contributed by atoms with Crippen molar-refractivity contribution in [3.05, 3.63) is 44.6 Å². The monoisotopic (exact) mass is 264 g/mol. The molecule has 2 aromatic rings. The molecule has 0 fully saturated rings. The van der Waals surface area contributed by atoms with Gasteiger partial charge in [0.15, 0.2) is 11.4 Å². The second kappa shape index (κ2) is 4.96. The average molecular weight is 264 g/mol. The molecule has 0 aliphatic rings. The Bertz CT molecular complexity index is 707. The van der Waals surface area contributed by atoms with Crippen LogP contribution in [0, 0.1) is 0 Å². The molecule has 7 nitrogen and oxygen atoms in total. The molecule has 0 atom stereocenters. The Labute approximate surface area is 105 Å². The Morgan fingerprint density at radius 1 is 1.44 bits per heavy atom. The molecule has 0 amide bonds. The second-order valence-corrected chi connectivity index (χ2v) is 4.27. The van der Waals surface area contributed by atoms with Crippen LogP contribution in [0.4, 0.5) is 0 Å². The average Bonchev–Trinajstić information content (AvgIpc) is 2.36. The van der Waals surface area contributed by atoms with Gasteiger partial charge in [-0.25, -0.2) is 4.98 Å². The number of carbonyl (C=O) groups excluding carboxylic acids is 1. The van der Waals surface area contributed by atoms with Crippen molar-refractivity contribution < 1.29 is 4.79 Å². The Hall–Kier alpha value is -2.22. The van der Waals surface area contributed by atoms with Crippen LogP contribution in [0.1, 0.15) is 10.4 Å². The van der Waals surface area contributed by atoms with E-state index in [0.29, 0.717) is 16.9 Å². The molecular formula is C10H8N4O3S. The third-order valence-electron chi connectivity index (χ3n) is 2.06. The lowest BCUT2D eigenvalue weighted by molar-refractivity contribution is 0.112. The van der Waals surface area contributed by atoms with Crippen molar-refractivity contribution in [3.8, 4) is 0 Å². The first-order valence-electron chi connectivity index (χ1n) is 4.87. The van der Waals surface area contributed by atoms with Gasteiger partial charge in [0, 0.05) is 18.8 Å². The molecular weight excluding hydrogens is 256 g/mol. The van der Waals surface area contributed by atoms with Gasteiger partial charge in [-0.2, -0.15) is 4.98 Å². The molecule has 92 valence electrons. The molecule has 2 rings (SSSR count). The fourth-order valence-corrected chi connectivity index (χ4v) is 2.05. The number of nitrogens with one attached hydrogen (secondary N) is 1. The summed E-state index contributed by atoms with van der Waals surface area (Å²) in [5.41, 5.74) is -1.28. The van der Waals surface area contributed by atoms with Crippen LogP contribution in [0.25, 0.3) is 0 Å². The van der Waals surface area contributed by atoms with E-state index in [4.69, 9.17) is 0 Å². The molecule has 0 bridgehead atoms. The van der Waals surface area contributed by atoms with Gasteiger partial charge < -0.3 is 0 Å². The number of aromatic amines is 1. The SMILES string of the molecule is Cn1[nH]c(=O)c(=O)nc1Sc1ncccc1C=O. The van der Waals surface area contributed by atoms with Crippen LogP contribution in [0.5, 0.6) is 0 Å². The van der Waals surface area contributed by atoms with Crippen LogP contribution < -0.4 is 11.1 Å². The maximum Gasteiger partial charge on any atom is 0.339 e. The van der Waals surface area contributed by atoms with Crippen LogP contribution in [-0.4, -0.2) is 26.0 Å². The standard InChI is InChI=1S/C10H8N4O3S/c1-14-10(12-7(16)8(17)13-14)18-9-6(5-15)3-2-4-11-9/h2-5H,1H3,(H,13,17). The second-order valence-electron chi connectivity index (χ2n) is 3.32. The van der Waals surface area contributed by atoms with E-state index in [1.807, 2.05) is 0 Å². The quantitative estimate of drug-likeness (QED) is 0.610. The molecule has 18 heavy (non-hydrogen) atoms. The highest BCUT2D eigenvalue weighted by Gasteiger charge is 2.10. The summed E-state index contributed by atoms with van der Waals surface area (Å²) in [5.74, 6) is 0. The van der Waals surface area contributed by atoms with Crippen LogP contribution in [0.15, 0.2) is 38.1 Å². The Balaban J connectivity index is 2.46. The number of carbonyl (C=O) groups is 1. The molecule has 0 aliphatic carbocycles. The van der Waals surface area contributed by atoms with Gasteiger partial charge in [0.2, 0.25) is 0 Å². The smallest absolute Gasteiger partial charge is 0.298 e. The van der Waals surface area contributed by atoms with Crippen molar-refractivity contribution in [2.75, 3.05) is 0 Å². The fraction of sp³-hybridized carbons (Fsp3) is 0.100. The zero-order chi connectivity index (χ0) is 13.1. The highest BCUT2D eigenvalue weighted by atomic mass is 32.2. The number of hydrogen-bond donors (Lipinski definition) is 1. The highest BCUT2D eigenvalue weighted by molar-refractivity contribution is 7.99. The zero-order valence-electron chi connectivity index (χ0n) is 9.28. The van der Waals surface area contributed by atoms with Crippen LogP contribution in [-0.2, 0) is 7.05 Å². The Morgan fingerprint density at radius 2 is 2.22 bits per heavy atom. The number of aryl methyl sites for hydroxylation is 1. The van der Waals surface area contributed by atoms with E-state index in [2.05, 4.69) is 15.1 Å². The van der Waals surface area contributed by atoms with Crippen LogP contribution in [0.2, 0.25) is 0 Å². The van der Waals surface area contributed by atoms with Crippen molar-refractivity contribution in [1.82, 2.24) is 19.7 Å². The van der Waals surface area contributed by atoms with E-state index in [1.54, 1.807) is 19.2 Å². The summed E-state index contributed by atoms with van der Waals surface area (Å²) in [4.78, 5) is 40.7. The van der Waals surface area contributed by atoms with Crippen molar-refractivity contribution in [3.63, 3.8) is 0 Å². The van der Waals surface area contributed by atoms with Gasteiger partial charge in [0.1, 0.15) is 5.03 Å². The predicted molar refractivity (Wildman–Crippen MR) is 63.8 cm³/mol. The summed E-state index contributed by atoms with van der Waals surface area (Å²) in [6.45, 7) is 0. The molecule has 0 saturated heterocycles. The molecule has 2 heterocycles. The number of aldehydes is 1. The fourth-order valence-electron chi connectivity index (χ4n) is 1.22. The summed E-state index contributed by atoms with van der Waals surface area (Å²) in [6.07, 6.45) is 2.19. The van der Waals surface area contributed by atoms with E-state index in [0.717, 1.165) is 11.8 Å². The maximum absolute atomic E-state index is 11.2. The lowest BCUT2D eigenvalue weighted by Crippen LogP contribution is -2.33. The van der Waals surface area contributed by atoms with Gasteiger partial charge in [-0.15, -0.1) is 0 Å². The Morgan fingerprint density at radius 3 is 2.94 bits per heavy atom. The van der Waals surface area contributed by atoms with Gasteiger partial charge in [0.05, 0.1) is 0 Å². The minimum atomic E-state index is -0.876. The lowest BCUT2D eigenvalue weighted by Gasteiger charge is -2.06. The van der Waals surface area contributed by atoms with Gasteiger partial charge in [-0.1, -0.05) is 0 Å². The van der Waals surface area contributed by atoms with Crippen molar-refractivity contribution in [2.45, 2.75) is 10.2 Å². The van der Waals surface area contributed by atoms with E-state index in [9.17, 15) is 14.4 Å². The summed E-state index contributed by atoms with van der Waals surface area (Å²) in [5, 5.41) is 2.98. The first kappa shape index (κ1) is 12.2. The predicted octanol–water partition coefficient (Wildman–Crippen LogP) is -0.173. The third-order valence-corrected chi connectivity index (χ3v) is 3.15. The van der Waals surface area contributed by atoms with Crippen LogP contribution >= 0.6 is 11.8 Å². The van der Waals surface area contributed by atoms with E-state index in [-0.39, 0.29) is 5.16 Å². The molecule has 0 unspecified atom stereocenters. The summed E-state index contributed by atoms with van der Waals surface area (Å²) in [6, 6.07) is 3.24. The molecule has 0 aromatic carbocycles. The first-order chi connectivity index (χ1) is 8.61. The molecule has 2 aromatic heterocycles. The molecule has 0 radical (unpaired) electrons. The summed E-state index contributed by atoms with van der Waals surface area (Å²) < 4.78 is 1.30. The summed E-state index contributed by atoms with van der Waals surface area (Å²) in [7, 11) is 1.54. The van der Waals surface area contributed by atoms with Gasteiger partial charge in [-0.05, 0) is 23.9 Å². The molecule has 1 N–H and O–H groups in total. The molecule has 0 aliphatic heterocycles. The number of H-pyrrole nitrogens is 1. The number of hydrogen-bond acceptors (Lipinski definition) is 6. The van der Waals surface area contributed by atoms with E-state index in [1.165, 1.54) is 10.9 Å². The molecule has 8 heteroatoms. The lowest BCUT2D eigenvalue weighted by atomic mass is 10.3. The van der Waals surface area contributed by atoms with Crippen molar-refractivity contribution >= 4 is 18.0 Å². The Kier molecular flexibility index (Phi) is 3.38. The molecule has 0 spiro atoms. The van der Waals surface area contributed by atoms with E-state index >= 15 is 0 Å². The number of aromatic nitrogens is 4. The highest BCUT2D eigenvalue weighted by Crippen LogP contribution is 2.24. The summed E-state index contributed by atoms with van der Waals surface area (Å²) >= 11 is 1.03. The number of pyridine rings is 1. The minimum absolute atomic E-state index is 0.251. The minimum Gasteiger partial charge on any atom is -0.298 e. The van der Waals surface area contributed by atoms with E-state index < -0.39 is 11.1 Å².